The lowest BCUT2D eigenvalue weighted by Gasteiger charge is -2.26. The van der Waals surface area contributed by atoms with Crippen LogP contribution in [0.5, 0.6) is 0 Å². The minimum absolute atomic E-state index is 0.132. The van der Waals surface area contributed by atoms with Crippen LogP contribution in [0.2, 0.25) is 0 Å². The van der Waals surface area contributed by atoms with Gasteiger partial charge in [0, 0.05) is 21.9 Å². The van der Waals surface area contributed by atoms with Crippen molar-refractivity contribution >= 4 is 38.9 Å². The van der Waals surface area contributed by atoms with Crippen molar-refractivity contribution in [1.82, 2.24) is 10.3 Å². The Kier molecular flexibility index (Phi) is 5.34. The summed E-state index contributed by atoms with van der Waals surface area (Å²) in [7, 11) is 0. The number of hydrogen-bond acceptors (Lipinski definition) is 3. The molecule has 2 aromatic heterocycles. The fourth-order valence-electron chi connectivity index (χ4n) is 3.97. The lowest BCUT2D eigenvalue weighted by Crippen LogP contribution is -2.29. The average molecular weight is 490 g/mol. The summed E-state index contributed by atoms with van der Waals surface area (Å²) in [6.07, 6.45) is 1.81. The third-order valence-corrected chi connectivity index (χ3v) is 6.70. The first kappa shape index (κ1) is 20.0. The van der Waals surface area contributed by atoms with Crippen molar-refractivity contribution < 1.29 is 4.42 Å². The second kappa shape index (κ2) is 8.29. The number of pyridine rings is 1. The molecule has 4 aromatic rings. The number of aryl methyl sites for hydroxylation is 1. The second-order valence-electron chi connectivity index (χ2n) is 7.50. The Balaban J connectivity index is 1.61. The van der Waals surface area contributed by atoms with E-state index in [9.17, 15) is 0 Å². The molecule has 0 saturated carbocycles. The molecule has 1 fully saturated rings. The van der Waals surface area contributed by atoms with E-state index in [0.29, 0.717) is 5.11 Å². The maximum atomic E-state index is 6.38. The number of hydrogen-bond donors (Lipinski definition) is 1. The van der Waals surface area contributed by atoms with Crippen LogP contribution in [-0.2, 0) is 0 Å². The van der Waals surface area contributed by atoms with E-state index in [2.05, 4.69) is 56.3 Å². The fraction of sp³-hybridized carbons (Fsp3) is 0.120. The van der Waals surface area contributed by atoms with E-state index in [1.54, 1.807) is 6.20 Å². The number of nitrogens with zero attached hydrogens (tertiary/aromatic N) is 2. The van der Waals surface area contributed by atoms with Gasteiger partial charge >= 0.3 is 0 Å². The third-order valence-electron chi connectivity index (χ3n) is 5.49. The van der Waals surface area contributed by atoms with Crippen molar-refractivity contribution in [3.05, 3.63) is 107 Å². The van der Waals surface area contributed by atoms with Crippen LogP contribution >= 0.6 is 28.1 Å². The number of furan rings is 1. The summed E-state index contributed by atoms with van der Waals surface area (Å²) < 4.78 is 7.45. The summed E-state index contributed by atoms with van der Waals surface area (Å²) in [6, 6.07) is 26.1. The van der Waals surface area contributed by atoms with Crippen LogP contribution in [0.1, 0.15) is 29.1 Å². The summed E-state index contributed by atoms with van der Waals surface area (Å²) in [5, 5.41) is 4.13. The van der Waals surface area contributed by atoms with Gasteiger partial charge in [0.15, 0.2) is 5.11 Å². The van der Waals surface area contributed by atoms with E-state index < -0.39 is 0 Å². The van der Waals surface area contributed by atoms with Gasteiger partial charge in [-0.15, -0.1) is 0 Å². The fourth-order valence-corrected chi connectivity index (χ4v) is 4.56. The van der Waals surface area contributed by atoms with Gasteiger partial charge in [-0.3, -0.25) is 4.98 Å². The summed E-state index contributed by atoms with van der Waals surface area (Å²) in [4.78, 5) is 6.72. The summed E-state index contributed by atoms with van der Waals surface area (Å²) in [5.74, 6) is 1.67. The van der Waals surface area contributed by atoms with E-state index in [-0.39, 0.29) is 12.1 Å². The van der Waals surface area contributed by atoms with Gasteiger partial charge in [0.1, 0.15) is 17.6 Å². The Morgan fingerprint density at radius 3 is 2.55 bits per heavy atom. The van der Waals surface area contributed by atoms with Crippen LogP contribution in [-0.4, -0.2) is 10.1 Å². The minimum atomic E-state index is -0.166. The number of nitrogens with one attached hydrogen (secondary N) is 1. The average Bonchev–Trinajstić information content (AvgIpc) is 3.41. The predicted octanol–water partition coefficient (Wildman–Crippen LogP) is 6.59. The van der Waals surface area contributed by atoms with Crippen LogP contribution in [0.3, 0.4) is 0 Å². The van der Waals surface area contributed by atoms with Crippen LogP contribution < -0.4 is 10.2 Å². The molecule has 1 N–H and O–H groups in total. The Morgan fingerprint density at radius 1 is 1.00 bits per heavy atom. The molecule has 1 aliphatic heterocycles. The van der Waals surface area contributed by atoms with Gasteiger partial charge in [0.25, 0.3) is 0 Å². The summed E-state index contributed by atoms with van der Waals surface area (Å²) >= 11 is 9.38. The van der Waals surface area contributed by atoms with Crippen molar-refractivity contribution in [2.75, 3.05) is 4.90 Å². The van der Waals surface area contributed by atoms with Crippen molar-refractivity contribution in [3.63, 3.8) is 0 Å². The first-order valence-corrected chi connectivity index (χ1v) is 11.2. The maximum absolute atomic E-state index is 6.38. The highest BCUT2D eigenvalue weighted by molar-refractivity contribution is 9.10. The normalized spacial score (nSPS) is 18.3. The van der Waals surface area contributed by atoms with Gasteiger partial charge < -0.3 is 14.6 Å². The van der Waals surface area contributed by atoms with E-state index in [4.69, 9.17) is 16.6 Å². The largest absolute Gasteiger partial charge is 0.459 e. The van der Waals surface area contributed by atoms with Gasteiger partial charge in [0.05, 0.1) is 11.7 Å². The predicted molar refractivity (Wildman–Crippen MR) is 131 cm³/mol. The zero-order chi connectivity index (χ0) is 21.4. The van der Waals surface area contributed by atoms with Gasteiger partial charge in [-0.1, -0.05) is 52.3 Å². The highest BCUT2D eigenvalue weighted by atomic mass is 79.9. The molecule has 0 aliphatic carbocycles. The van der Waals surface area contributed by atoms with Gasteiger partial charge in [0.2, 0.25) is 0 Å². The minimum Gasteiger partial charge on any atom is -0.459 e. The molecule has 31 heavy (non-hydrogen) atoms. The second-order valence-corrected chi connectivity index (χ2v) is 8.74. The quantitative estimate of drug-likeness (QED) is 0.327. The highest BCUT2D eigenvalue weighted by Gasteiger charge is 2.42. The molecular weight excluding hydrogens is 470 g/mol. The van der Waals surface area contributed by atoms with Gasteiger partial charge in [-0.05, 0) is 67.2 Å². The smallest absolute Gasteiger partial charge is 0.174 e. The van der Waals surface area contributed by atoms with Gasteiger partial charge in [-0.2, -0.15) is 0 Å². The van der Waals surface area contributed by atoms with E-state index in [0.717, 1.165) is 38.5 Å². The topological polar surface area (TPSA) is 41.3 Å². The zero-order valence-corrected chi connectivity index (χ0v) is 19.2. The molecule has 5 rings (SSSR count). The van der Waals surface area contributed by atoms with E-state index in [1.807, 2.05) is 60.7 Å². The summed E-state index contributed by atoms with van der Waals surface area (Å²) in [5.41, 5.74) is 4.12. The van der Waals surface area contributed by atoms with Crippen molar-refractivity contribution in [2.24, 2.45) is 0 Å². The molecule has 6 heteroatoms. The number of anilines is 1. The zero-order valence-electron chi connectivity index (χ0n) is 16.8. The molecule has 0 spiro atoms. The Labute approximate surface area is 195 Å². The molecule has 2 aromatic carbocycles. The molecule has 2 atom stereocenters. The Hall–Kier alpha value is -2.96. The molecule has 1 saturated heterocycles. The Bertz CT molecular complexity index is 1230. The number of rotatable bonds is 4. The molecule has 154 valence electrons. The molecule has 0 bridgehead atoms. The molecule has 1 aliphatic rings. The maximum Gasteiger partial charge on any atom is 0.174 e. The molecule has 3 heterocycles. The van der Waals surface area contributed by atoms with Crippen molar-refractivity contribution in [1.29, 1.82) is 0 Å². The number of thiocarbonyl (C=S) groups is 1. The SMILES string of the molecule is Cc1cc(N2C(=S)N[C@H](c3ccccn3)[C@H]2c2ccc(-c3ccccc3)o2)ccc1Br. The first-order chi connectivity index (χ1) is 15.1. The molecule has 0 radical (unpaired) electrons. The molecular formula is C25H20BrN3OS. The standard InChI is InChI=1S/C25H20BrN3OS/c1-16-15-18(10-11-19(16)26)29-24(23(28-25(29)31)20-9-5-6-14-27-20)22-13-12-21(30-22)17-7-3-2-4-8-17/h2-15,23-24H,1H3,(H,28,31)/t23-,24-/m1/s1. The van der Waals surface area contributed by atoms with Crippen LogP contribution in [0.15, 0.2) is 93.9 Å². The van der Waals surface area contributed by atoms with Crippen molar-refractivity contribution in [3.8, 4) is 11.3 Å². The van der Waals surface area contributed by atoms with Crippen LogP contribution in [0, 0.1) is 6.92 Å². The number of benzene rings is 2. The van der Waals surface area contributed by atoms with Crippen LogP contribution in [0.25, 0.3) is 11.3 Å². The molecule has 0 amide bonds. The summed E-state index contributed by atoms with van der Waals surface area (Å²) in [6.45, 7) is 2.08. The number of halogens is 1. The van der Waals surface area contributed by atoms with E-state index >= 15 is 0 Å². The molecule has 0 unspecified atom stereocenters. The van der Waals surface area contributed by atoms with Crippen molar-refractivity contribution in [2.45, 2.75) is 19.0 Å². The highest BCUT2D eigenvalue weighted by Crippen LogP contribution is 2.43. The third kappa shape index (κ3) is 3.77. The Morgan fingerprint density at radius 2 is 1.81 bits per heavy atom. The monoisotopic (exact) mass is 489 g/mol. The lowest BCUT2D eigenvalue weighted by atomic mass is 10.0. The first-order valence-electron chi connectivity index (χ1n) is 10.0. The van der Waals surface area contributed by atoms with Gasteiger partial charge in [-0.25, -0.2) is 0 Å². The van der Waals surface area contributed by atoms with Crippen LogP contribution in [0.4, 0.5) is 5.69 Å². The number of aromatic nitrogens is 1. The lowest BCUT2D eigenvalue weighted by molar-refractivity contribution is 0.439. The molecule has 4 nitrogen and oxygen atoms in total. The van der Waals surface area contributed by atoms with E-state index in [1.165, 1.54) is 0 Å².